The first-order valence-electron chi connectivity index (χ1n) is 10.3. The number of aliphatic hydroxyl groups is 1. The van der Waals surface area contributed by atoms with E-state index in [1.54, 1.807) is 36.7 Å². The molecule has 4 N–H and O–H groups in total. The van der Waals surface area contributed by atoms with Crippen LogP contribution in [0, 0.1) is 0 Å². The van der Waals surface area contributed by atoms with E-state index in [0.717, 1.165) is 17.9 Å². The number of pyridine rings is 1. The van der Waals surface area contributed by atoms with Crippen molar-refractivity contribution >= 4 is 29.8 Å². The van der Waals surface area contributed by atoms with Crippen LogP contribution in [0.5, 0.6) is 5.75 Å². The van der Waals surface area contributed by atoms with Gasteiger partial charge >= 0.3 is 17.9 Å². The van der Waals surface area contributed by atoms with Crippen LogP contribution in [0.1, 0.15) is 28.8 Å². The highest BCUT2D eigenvalue weighted by atomic mass is 16.5. The predicted octanol–water partition coefficient (Wildman–Crippen LogP) is 1.67. The molecule has 11 heteroatoms. The zero-order chi connectivity index (χ0) is 26.4. The molecule has 0 saturated carbocycles. The maximum absolute atomic E-state index is 11.9. The monoisotopic (exact) mass is 488 g/mol. The van der Waals surface area contributed by atoms with Crippen LogP contribution in [0.4, 0.5) is 0 Å². The molecule has 0 fully saturated rings. The summed E-state index contributed by atoms with van der Waals surface area (Å²) in [4.78, 5) is 48.4. The van der Waals surface area contributed by atoms with Crippen molar-refractivity contribution in [3.05, 3.63) is 66.0 Å². The van der Waals surface area contributed by atoms with E-state index in [0.29, 0.717) is 12.2 Å². The van der Waals surface area contributed by atoms with Crippen LogP contribution in [-0.4, -0.2) is 86.8 Å². The van der Waals surface area contributed by atoms with Crippen molar-refractivity contribution in [3.63, 3.8) is 0 Å². The van der Waals surface area contributed by atoms with Gasteiger partial charge in [0.05, 0.1) is 12.8 Å². The summed E-state index contributed by atoms with van der Waals surface area (Å²) in [6.07, 6.45) is 4.30. The first-order chi connectivity index (χ1) is 16.4. The highest BCUT2D eigenvalue weighted by molar-refractivity contribution is 6.06. The van der Waals surface area contributed by atoms with Gasteiger partial charge in [-0.05, 0) is 50.0 Å². The SMILES string of the molecule is CN(C)CCOc1ccc(C=CC(=O)c2ccncc2)cc1.O=C(O)CC(O)(CC(=O)O)C(=O)O. The summed E-state index contributed by atoms with van der Waals surface area (Å²) in [5, 5.41) is 33.8. The summed E-state index contributed by atoms with van der Waals surface area (Å²) in [6.45, 7) is 1.53. The predicted molar refractivity (Wildman–Crippen MR) is 125 cm³/mol. The molecule has 0 radical (unpaired) electrons. The molecule has 0 amide bonds. The molecule has 1 heterocycles. The van der Waals surface area contributed by atoms with Gasteiger partial charge < -0.3 is 30.1 Å². The Morgan fingerprint density at radius 2 is 1.49 bits per heavy atom. The third-order valence-corrected chi connectivity index (χ3v) is 4.36. The van der Waals surface area contributed by atoms with E-state index in [2.05, 4.69) is 9.88 Å². The summed E-state index contributed by atoms with van der Waals surface area (Å²) in [5.74, 6) is -4.22. The van der Waals surface area contributed by atoms with Gasteiger partial charge in [-0.1, -0.05) is 18.2 Å². The molecule has 2 aromatic rings. The maximum atomic E-state index is 11.9. The number of hydrogen-bond acceptors (Lipinski definition) is 8. The summed E-state index contributed by atoms with van der Waals surface area (Å²) in [7, 11) is 4.02. The summed E-state index contributed by atoms with van der Waals surface area (Å²) in [5.41, 5.74) is -1.14. The van der Waals surface area contributed by atoms with Gasteiger partial charge in [0.1, 0.15) is 12.4 Å². The second-order valence-electron chi connectivity index (χ2n) is 7.63. The molecule has 0 bridgehead atoms. The van der Waals surface area contributed by atoms with Crippen molar-refractivity contribution in [1.82, 2.24) is 9.88 Å². The number of carboxylic acids is 3. The molecule has 0 atom stereocenters. The van der Waals surface area contributed by atoms with Gasteiger partial charge in [0.25, 0.3) is 0 Å². The summed E-state index contributed by atoms with van der Waals surface area (Å²) < 4.78 is 5.63. The third-order valence-electron chi connectivity index (χ3n) is 4.36. The van der Waals surface area contributed by atoms with Crippen molar-refractivity contribution in [1.29, 1.82) is 0 Å². The number of carbonyl (C=O) groups is 4. The van der Waals surface area contributed by atoms with Gasteiger partial charge in [0, 0.05) is 24.5 Å². The normalized spacial score (nSPS) is 11.0. The Balaban J connectivity index is 0.000000405. The Hall–Kier alpha value is -4.09. The molecule has 0 aliphatic heterocycles. The number of nitrogens with zero attached hydrogens (tertiary/aromatic N) is 2. The van der Waals surface area contributed by atoms with Crippen LogP contribution in [0.25, 0.3) is 6.08 Å². The quantitative estimate of drug-likeness (QED) is 0.253. The fourth-order valence-corrected chi connectivity index (χ4v) is 2.52. The van der Waals surface area contributed by atoms with Crippen LogP contribution in [-0.2, 0) is 14.4 Å². The number of allylic oxidation sites excluding steroid dienone is 1. The molecular formula is C24H28N2O9. The Kier molecular flexibility index (Phi) is 11.8. The van der Waals surface area contributed by atoms with Crippen molar-refractivity contribution in [3.8, 4) is 5.75 Å². The van der Waals surface area contributed by atoms with E-state index in [4.69, 9.17) is 25.2 Å². The average molecular weight is 488 g/mol. The first kappa shape index (κ1) is 28.9. The maximum Gasteiger partial charge on any atom is 0.336 e. The van der Waals surface area contributed by atoms with Crippen molar-refractivity contribution in [2.45, 2.75) is 18.4 Å². The topological polar surface area (TPSA) is 175 Å². The molecule has 35 heavy (non-hydrogen) atoms. The molecule has 0 spiro atoms. The van der Waals surface area contributed by atoms with Gasteiger partial charge in [0.2, 0.25) is 0 Å². The number of ether oxygens (including phenoxy) is 1. The fraction of sp³-hybridized carbons (Fsp3) is 0.292. The third kappa shape index (κ3) is 11.6. The highest BCUT2D eigenvalue weighted by Crippen LogP contribution is 2.16. The Bertz CT molecular complexity index is 1000. The van der Waals surface area contributed by atoms with Crippen LogP contribution in [0.3, 0.4) is 0 Å². The number of hydrogen-bond donors (Lipinski definition) is 4. The Morgan fingerprint density at radius 1 is 0.943 bits per heavy atom. The fourth-order valence-electron chi connectivity index (χ4n) is 2.52. The Morgan fingerprint density at radius 3 is 1.94 bits per heavy atom. The lowest BCUT2D eigenvalue weighted by Crippen LogP contribution is -2.42. The van der Waals surface area contributed by atoms with E-state index in [1.165, 1.54) is 0 Å². The molecule has 0 saturated heterocycles. The number of ketones is 1. The number of benzene rings is 1. The molecule has 1 aromatic carbocycles. The minimum Gasteiger partial charge on any atom is -0.492 e. The van der Waals surface area contributed by atoms with Gasteiger partial charge in [0.15, 0.2) is 11.4 Å². The molecular weight excluding hydrogens is 460 g/mol. The number of likely N-dealkylation sites (N-methyl/N-ethyl adjacent to an activating group) is 1. The second-order valence-corrected chi connectivity index (χ2v) is 7.63. The second kappa shape index (κ2) is 14.2. The minimum absolute atomic E-state index is 0.0336. The standard InChI is InChI=1S/C18H20N2O2.C6H8O7/c1-20(2)13-14-22-17-6-3-15(4-7-17)5-8-18(21)16-9-11-19-12-10-16;7-3(8)1-6(13,5(11)12)2-4(9)10/h3-12H,13-14H2,1-2H3;13H,1-2H2,(H,7,8)(H,9,10)(H,11,12). The lowest BCUT2D eigenvalue weighted by Gasteiger charge is -2.18. The molecule has 0 aliphatic rings. The van der Waals surface area contributed by atoms with Crippen molar-refractivity contribution in [2.24, 2.45) is 0 Å². The van der Waals surface area contributed by atoms with Crippen molar-refractivity contribution in [2.75, 3.05) is 27.2 Å². The molecule has 1 aromatic heterocycles. The number of carbonyl (C=O) groups excluding carboxylic acids is 1. The van der Waals surface area contributed by atoms with Crippen LogP contribution in [0.15, 0.2) is 54.9 Å². The van der Waals surface area contributed by atoms with Crippen LogP contribution >= 0.6 is 0 Å². The summed E-state index contributed by atoms with van der Waals surface area (Å²) in [6, 6.07) is 11.1. The largest absolute Gasteiger partial charge is 0.492 e. The van der Waals surface area contributed by atoms with Crippen LogP contribution in [0.2, 0.25) is 0 Å². The minimum atomic E-state index is -2.74. The average Bonchev–Trinajstić information content (AvgIpc) is 2.78. The zero-order valence-corrected chi connectivity index (χ0v) is 19.3. The highest BCUT2D eigenvalue weighted by Gasteiger charge is 2.40. The lowest BCUT2D eigenvalue weighted by molar-refractivity contribution is -0.170. The smallest absolute Gasteiger partial charge is 0.336 e. The lowest BCUT2D eigenvalue weighted by atomic mass is 9.96. The number of carboxylic acid groups (broad SMARTS) is 3. The number of aliphatic carboxylic acids is 3. The van der Waals surface area contributed by atoms with E-state index in [9.17, 15) is 19.2 Å². The number of rotatable bonds is 12. The molecule has 188 valence electrons. The van der Waals surface area contributed by atoms with Gasteiger partial charge in [-0.25, -0.2) is 4.79 Å². The van der Waals surface area contributed by atoms with Crippen molar-refractivity contribution < 1.29 is 44.3 Å². The van der Waals surface area contributed by atoms with Gasteiger partial charge in [-0.3, -0.25) is 19.4 Å². The molecule has 11 nitrogen and oxygen atoms in total. The number of aromatic nitrogens is 1. The molecule has 0 unspecified atom stereocenters. The van der Waals surface area contributed by atoms with E-state index in [-0.39, 0.29) is 5.78 Å². The molecule has 0 aliphatic carbocycles. The zero-order valence-electron chi connectivity index (χ0n) is 19.3. The molecule has 2 rings (SSSR count). The van der Waals surface area contributed by atoms with Gasteiger partial charge in [-0.15, -0.1) is 0 Å². The van der Waals surface area contributed by atoms with Crippen LogP contribution < -0.4 is 4.74 Å². The summed E-state index contributed by atoms with van der Waals surface area (Å²) >= 11 is 0. The van der Waals surface area contributed by atoms with E-state index < -0.39 is 36.4 Å². The Labute approximate surface area is 201 Å². The van der Waals surface area contributed by atoms with E-state index >= 15 is 0 Å². The van der Waals surface area contributed by atoms with E-state index in [1.807, 2.05) is 38.4 Å². The first-order valence-corrected chi connectivity index (χ1v) is 10.3. The van der Waals surface area contributed by atoms with Gasteiger partial charge in [-0.2, -0.15) is 0 Å².